The maximum absolute atomic E-state index is 13.2. The van der Waals surface area contributed by atoms with Gasteiger partial charge >= 0.3 is 6.09 Å². The number of nitrogens with one attached hydrogen (secondary N) is 5. The number of hydrogen-bond donors (Lipinski definition) is 6. The molecule has 4 atom stereocenters. The molecule has 0 saturated heterocycles. The van der Waals surface area contributed by atoms with E-state index in [1.54, 1.807) is 26.0 Å². The van der Waals surface area contributed by atoms with E-state index in [0.717, 1.165) is 11.8 Å². The molecule has 0 aliphatic carbocycles. The molecule has 0 unspecified atom stereocenters. The second-order valence-corrected chi connectivity index (χ2v) is 10.1. The molecule has 5 amide bonds. The summed E-state index contributed by atoms with van der Waals surface area (Å²) in [6.45, 7) is 8.76. The summed E-state index contributed by atoms with van der Waals surface area (Å²) in [7, 11) is 0. The lowest BCUT2D eigenvalue weighted by atomic mass is 9.99. The van der Waals surface area contributed by atoms with Gasteiger partial charge in [0.15, 0.2) is 0 Å². The quantitative estimate of drug-likeness (QED) is 0.170. The van der Waals surface area contributed by atoms with Crippen molar-refractivity contribution in [2.45, 2.75) is 84.7 Å². The van der Waals surface area contributed by atoms with Gasteiger partial charge in [0.1, 0.15) is 24.7 Å². The molecule has 0 radical (unpaired) electrons. The van der Waals surface area contributed by atoms with Crippen molar-refractivity contribution in [3.05, 3.63) is 35.9 Å². The molecule has 0 heterocycles. The zero-order valence-corrected chi connectivity index (χ0v) is 23.3. The summed E-state index contributed by atoms with van der Waals surface area (Å²) >= 11 is 0. The summed E-state index contributed by atoms with van der Waals surface area (Å²) in [6.07, 6.45) is 0.691. The normalized spacial score (nSPS) is 13.9. The monoisotopic (exact) mass is 546 g/mol. The summed E-state index contributed by atoms with van der Waals surface area (Å²) in [5, 5.41) is 18.0. The van der Waals surface area contributed by atoms with Gasteiger partial charge in [-0.15, -0.1) is 0 Å². The molecule has 0 bridgehead atoms. The van der Waals surface area contributed by atoms with E-state index in [0.29, 0.717) is 6.42 Å². The van der Waals surface area contributed by atoms with Crippen LogP contribution in [-0.2, 0) is 30.5 Å². The third-order valence-electron chi connectivity index (χ3n) is 5.76. The Kier molecular flexibility index (Phi) is 14.2. The molecule has 0 aliphatic rings. The number of hydrogen-bond acceptors (Lipinski definition) is 7. The number of carbonyl (C=O) groups excluding carboxylic acids is 5. The van der Waals surface area contributed by atoms with Crippen molar-refractivity contribution >= 4 is 35.9 Å². The zero-order chi connectivity index (χ0) is 29.5. The molecule has 7 N–H and O–H groups in total. The maximum Gasteiger partial charge on any atom is 0.408 e. The van der Waals surface area contributed by atoms with Crippen molar-refractivity contribution in [1.82, 2.24) is 21.3 Å². The van der Waals surface area contributed by atoms with E-state index in [-0.39, 0.29) is 31.3 Å². The van der Waals surface area contributed by atoms with Crippen LogP contribution in [0.25, 0.3) is 0 Å². The van der Waals surface area contributed by atoms with Crippen LogP contribution in [0.4, 0.5) is 4.79 Å². The van der Waals surface area contributed by atoms with Crippen LogP contribution in [0.2, 0.25) is 0 Å². The summed E-state index contributed by atoms with van der Waals surface area (Å²) in [4.78, 5) is 62.1. The van der Waals surface area contributed by atoms with Crippen LogP contribution in [0, 0.1) is 17.2 Å². The van der Waals surface area contributed by atoms with E-state index in [1.807, 2.05) is 32.0 Å². The number of nitrogens with two attached hydrogens (primary N) is 1. The van der Waals surface area contributed by atoms with E-state index >= 15 is 0 Å². The van der Waals surface area contributed by atoms with E-state index in [2.05, 4.69) is 21.3 Å². The smallest absolute Gasteiger partial charge is 0.408 e. The Hall–Kier alpha value is -3.96. The highest BCUT2D eigenvalue weighted by molar-refractivity contribution is 5.94. The van der Waals surface area contributed by atoms with Crippen molar-refractivity contribution in [3.63, 3.8) is 0 Å². The molecule has 12 nitrogen and oxygen atoms in total. The topological polar surface area (TPSA) is 193 Å². The number of rotatable bonds is 16. The largest absolute Gasteiger partial charge is 0.445 e. The van der Waals surface area contributed by atoms with Crippen LogP contribution in [0.3, 0.4) is 0 Å². The average molecular weight is 547 g/mol. The first kappa shape index (κ1) is 33.1. The molecule has 1 aromatic rings. The van der Waals surface area contributed by atoms with Crippen LogP contribution >= 0.6 is 0 Å². The highest BCUT2D eigenvalue weighted by Crippen LogP contribution is 2.09. The van der Waals surface area contributed by atoms with Crippen LogP contribution in [0.1, 0.15) is 59.4 Å². The van der Waals surface area contributed by atoms with Gasteiger partial charge in [-0.25, -0.2) is 4.79 Å². The van der Waals surface area contributed by atoms with Gasteiger partial charge in [0.05, 0.1) is 6.04 Å². The molecule has 0 aromatic heterocycles. The third-order valence-corrected chi connectivity index (χ3v) is 5.76. The van der Waals surface area contributed by atoms with E-state index in [4.69, 9.17) is 15.9 Å². The Morgan fingerprint density at radius 2 is 1.54 bits per heavy atom. The molecule has 39 heavy (non-hydrogen) atoms. The fourth-order valence-corrected chi connectivity index (χ4v) is 3.56. The van der Waals surface area contributed by atoms with Gasteiger partial charge in [-0.3, -0.25) is 19.2 Å². The second-order valence-electron chi connectivity index (χ2n) is 10.1. The van der Waals surface area contributed by atoms with Gasteiger partial charge in [0, 0.05) is 12.6 Å². The SMILES string of the molecule is CC(C)C[C@H](NC(=O)[C@@H](NC(=O)[C@H](C)NC(=O)OCc1ccccc1)C(C)C)C(=O)N[C@H](C=N)CCC(N)=O. The number of amides is 5. The molecule has 0 fully saturated rings. The number of carbonyl (C=O) groups is 5. The van der Waals surface area contributed by atoms with Crippen molar-refractivity contribution in [2.75, 3.05) is 0 Å². The Morgan fingerprint density at radius 3 is 2.08 bits per heavy atom. The molecule has 0 saturated carbocycles. The van der Waals surface area contributed by atoms with Crippen LogP contribution in [-0.4, -0.2) is 60.1 Å². The third kappa shape index (κ3) is 12.9. The summed E-state index contributed by atoms with van der Waals surface area (Å²) in [6, 6.07) is 5.44. The van der Waals surface area contributed by atoms with Gasteiger partial charge in [-0.2, -0.15) is 0 Å². The number of benzene rings is 1. The predicted molar refractivity (Wildman–Crippen MR) is 147 cm³/mol. The minimum atomic E-state index is -0.990. The van der Waals surface area contributed by atoms with E-state index in [1.165, 1.54) is 6.92 Å². The average Bonchev–Trinajstić information content (AvgIpc) is 2.87. The minimum Gasteiger partial charge on any atom is -0.445 e. The van der Waals surface area contributed by atoms with Gasteiger partial charge in [-0.05, 0) is 37.2 Å². The highest BCUT2D eigenvalue weighted by atomic mass is 16.5. The van der Waals surface area contributed by atoms with Crippen molar-refractivity contribution in [2.24, 2.45) is 17.6 Å². The van der Waals surface area contributed by atoms with E-state index in [9.17, 15) is 24.0 Å². The standard InChI is InChI=1S/C27H42N6O6/c1-16(2)13-21(25(36)31-20(14-28)11-12-22(29)34)32-26(37)23(17(3)4)33-24(35)18(5)30-27(38)39-15-19-9-7-6-8-10-19/h6-10,14,16-18,20-21,23,28H,11-13,15H2,1-5H3,(H2,29,34)(H,30,38)(H,31,36)(H,32,37)(H,33,35)/t18-,20-,21-,23-/m0/s1. The molecule has 0 aliphatic heterocycles. The summed E-state index contributed by atoms with van der Waals surface area (Å²) in [5.74, 6) is -2.52. The van der Waals surface area contributed by atoms with Gasteiger partial charge < -0.3 is 37.1 Å². The lowest BCUT2D eigenvalue weighted by Gasteiger charge is -2.27. The second kappa shape index (κ2) is 16.8. The molecule has 0 spiro atoms. The fraction of sp³-hybridized carbons (Fsp3) is 0.556. The Bertz CT molecular complexity index is 984. The van der Waals surface area contributed by atoms with Crippen LogP contribution in [0.5, 0.6) is 0 Å². The first-order valence-electron chi connectivity index (χ1n) is 13.0. The summed E-state index contributed by atoms with van der Waals surface area (Å²) < 4.78 is 5.14. The van der Waals surface area contributed by atoms with Gasteiger partial charge in [0.2, 0.25) is 23.6 Å². The fourth-order valence-electron chi connectivity index (χ4n) is 3.56. The van der Waals surface area contributed by atoms with Gasteiger partial charge in [-0.1, -0.05) is 58.0 Å². The Morgan fingerprint density at radius 1 is 0.897 bits per heavy atom. The number of ether oxygens (including phenoxy) is 1. The number of alkyl carbamates (subject to hydrolysis) is 1. The zero-order valence-electron chi connectivity index (χ0n) is 23.3. The predicted octanol–water partition coefficient (Wildman–Crippen LogP) is 1.37. The first-order valence-corrected chi connectivity index (χ1v) is 13.0. The first-order chi connectivity index (χ1) is 18.3. The molecule has 12 heteroatoms. The lowest BCUT2D eigenvalue weighted by molar-refractivity contribution is -0.133. The molecule has 216 valence electrons. The molecular weight excluding hydrogens is 504 g/mol. The van der Waals surface area contributed by atoms with Crippen molar-refractivity contribution in [1.29, 1.82) is 5.41 Å². The van der Waals surface area contributed by atoms with Crippen molar-refractivity contribution in [3.8, 4) is 0 Å². The Balaban J connectivity index is 2.78. The number of primary amides is 1. The molecule has 1 aromatic carbocycles. The van der Waals surface area contributed by atoms with E-state index < -0.39 is 53.9 Å². The highest BCUT2D eigenvalue weighted by Gasteiger charge is 2.31. The minimum absolute atomic E-state index is 0.00495. The molecular formula is C27H42N6O6. The maximum atomic E-state index is 13.2. The van der Waals surface area contributed by atoms with Crippen LogP contribution in [0.15, 0.2) is 30.3 Å². The van der Waals surface area contributed by atoms with Crippen LogP contribution < -0.4 is 27.0 Å². The summed E-state index contributed by atoms with van der Waals surface area (Å²) in [5.41, 5.74) is 5.95. The lowest BCUT2D eigenvalue weighted by Crippen LogP contribution is -2.58. The Labute approximate surface area is 229 Å². The van der Waals surface area contributed by atoms with Crippen molar-refractivity contribution < 1.29 is 28.7 Å². The molecule has 1 rings (SSSR count). The van der Waals surface area contributed by atoms with Gasteiger partial charge in [0.25, 0.3) is 0 Å².